The number of para-hydroxylation sites is 3. The van der Waals surface area contributed by atoms with Gasteiger partial charge >= 0.3 is 0 Å². The fraction of sp³-hybridized carbons (Fsp3) is 0.0455. The van der Waals surface area contributed by atoms with Crippen molar-refractivity contribution < 1.29 is 9.53 Å². The molecule has 0 saturated heterocycles. The molecular formula is C22H17NO2. The summed E-state index contributed by atoms with van der Waals surface area (Å²) in [7, 11) is 0. The monoisotopic (exact) mass is 327 g/mol. The molecule has 25 heavy (non-hydrogen) atoms. The number of nitrogens with zero attached hydrogens (tertiary/aromatic N) is 1. The van der Waals surface area contributed by atoms with Crippen molar-refractivity contribution in [2.75, 3.05) is 11.5 Å². The van der Waals surface area contributed by atoms with Gasteiger partial charge in [-0.25, -0.2) is 0 Å². The number of ketones is 1. The lowest BCUT2D eigenvalue weighted by Crippen LogP contribution is -2.22. The Labute approximate surface area is 146 Å². The molecule has 3 nitrogen and oxygen atoms in total. The number of Topliss-reactive ketones (excluding diaryl/α,β-unsaturated/α-hetero) is 1. The van der Waals surface area contributed by atoms with Gasteiger partial charge in [-0.05, 0) is 36.4 Å². The summed E-state index contributed by atoms with van der Waals surface area (Å²) in [5.74, 6) is 0.661. The van der Waals surface area contributed by atoms with Gasteiger partial charge in [0.05, 0.1) is 11.1 Å². The zero-order valence-corrected chi connectivity index (χ0v) is 13.6. The van der Waals surface area contributed by atoms with Crippen LogP contribution in [-0.2, 0) is 0 Å². The minimum atomic E-state index is 0.0127. The van der Waals surface area contributed by atoms with Crippen molar-refractivity contribution in [1.29, 1.82) is 0 Å². The van der Waals surface area contributed by atoms with Crippen LogP contribution in [0.3, 0.4) is 0 Å². The second-order valence-electron chi connectivity index (χ2n) is 5.81. The second-order valence-corrected chi connectivity index (χ2v) is 5.81. The molecule has 0 saturated carbocycles. The molecule has 3 aromatic carbocycles. The maximum Gasteiger partial charge on any atom is 0.197 e. The van der Waals surface area contributed by atoms with E-state index in [0.29, 0.717) is 16.9 Å². The lowest BCUT2D eigenvalue weighted by Gasteiger charge is -2.24. The van der Waals surface area contributed by atoms with E-state index in [9.17, 15) is 4.79 Å². The zero-order chi connectivity index (χ0) is 17.1. The molecule has 0 aliphatic carbocycles. The maximum atomic E-state index is 12.8. The smallest absolute Gasteiger partial charge is 0.197 e. The van der Waals surface area contributed by atoms with E-state index in [1.807, 2.05) is 90.0 Å². The molecule has 0 N–H and O–H groups in total. The lowest BCUT2D eigenvalue weighted by atomic mass is 10.0. The van der Waals surface area contributed by atoms with Gasteiger partial charge in [-0.1, -0.05) is 48.5 Å². The third kappa shape index (κ3) is 3.04. The standard InChI is InChI=1S/C22H17NO2/c24-22-17(16-25-21-14-8-7-13-20(21)22)15-23(18-9-3-1-4-10-18)19-11-5-2-6-12-19/h1-15H,16H2/b17-15+. The van der Waals surface area contributed by atoms with Gasteiger partial charge in [-0.3, -0.25) is 4.79 Å². The Morgan fingerprint density at radius 2 is 1.32 bits per heavy atom. The van der Waals surface area contributed by atoms with E-state index < -0.39 is 0 Å². The Hall–Kier alpha value is -3.33. The zero-order valence-electron chi connectivity index (χ0n) is 13.6. The van der Waals surface area contributed by atoms with E-state index in [1.54, 1.807) is 6.07 Å². The summed E-state index contributed by atoms with van der Waals surface area (Å²) in [6.07, 6.45) is 1.88. The minimum Gasteiger partial charge on any atom is -0.488 e. The normalized spacial score (nSPS) is 14.7. The van der Waals surface area contributed by atoms with E-state index in [4.69, 9.17) is 4.74 Å². The number of carbonyl (C=O) groups is 1. The average molecular weight is 327 g/mol. The highest BCUT2D eigenvalue weighted by Gasteiger charge is 2.24. The Balaban J connectivity index is 1.77. The first kappa shape index (κ1) is 15.2. The van der Waals surface area contributed by atoms with Gasteiger partial charge in [0.2, 0.25) is 0 Å². The van der Waals surface area contributed by atoms with Crippen LogP contribution in [0.1, 0.15) is 10.4 Å². The molecule has 3 aromatic rings. The van der Waals surface area contributed by atoms with E-state index in [-0.39, 0.29) is 12.4 Å². The Bertz CT molecular complexity index is 878. The van der Waals surface area contributed by atoms with Crippen molar-refractivity contribution in [3.05, 3.63) is 102 Å². The molecule has 0 amide bonds. The van der Waals surface area contributed by atoms with Crippen molar-refractivity contribution in [1.82, 2.24) is 0 Å². The Morgan fingerprint density at radius 1 is 0.760 bits per heavy atom. The van der Waals surface area contributed by atoms with Crippen LogP contribution in [0.2, 0.25) is 0 Å². The molecule has 0 fully saturated rings. The van der Waals surface area contributed by atoms with Crippen molar-refractivity contribution in [2.45, 2.75) is 0 Å². The van der Waals surface area contributed by atoms with E-state index in [1.165, 1.54) is 0 Å². The molecule has 4 rings (SSSR count). The average Bonchev–Trinajstić information content (AvgIpc) is 2.69. The third-order valence-corrected chi connectivity index (χ3v) is 4.16. The molecule has 122 valence electrons. The molecule has 0 radical (unpaired) electrons. The number of hydrogen-bond acceptors (Lipinski definition) is 3. The van der Waals surface area contributed by atoms with Gasteiger partial charge in [0.15, 0.2) is 5.78 Å². The molecule has 0 unspecified atom stereocenters. The Morgan fingerprint density at radius 3 is 1.96 bits per heavy atom. The van der Waals surface area contributed by atoms with Gasteiger partial charge in [-0.15, -0.1) is 0 Å². The molecule has 3 heteroatoms. The van der Waals surface area contributed by atoms with Crippen molar-refractivity contribution in [3.63, 3.8) is 0 Å². The van der Waals surface area contributed by atoms with Crippen molar-refractivity contribution in [2.24, 2.45) is 0 Å². The molecule has 1 aliphatic rings. The predicted molar refractivity (Wildman–Crippen MR) is 99.4 cm³/mol. The number of anilines is 2. The highest BCUT2D eigenvalue weighted by atomic mass is 16.5. The molecule has 0 atom stereocenters. The topological polar surface area (TPSA) is 29.5 Å². The van der Waals surface area contributed by atoms with Gasteiger partial charge < -0.3 is 9.64 Å². The summed E-state index contributed by atoms with van der Waals surface area (Å²) in [5, 5.41) is 0. The highest BCUT2D eigenvalue weighted by molar-refractivity contribution is 6.11. The van der Waals surface area contributed by atoms with Crippen molar-refractivity contribution >= 4 is 17.2 Å². The van der Waals surface area contributed by atoms with E-state index in [0.717, 1.165) is 11.4 Å². The van der Waals surface area contributed by atoms with Crippen LogP contribution in [-0.4, -0.2) is 12.4 Å². The maximum absolute atomic E-state index is 12.8. The predicted octanol–water partition coefficient (Wildman–Crippen LogP) is 4.98. The number of benzene rings is 3. The van der Waals surface area contributed by atoms with Crippen LogP contribution in [0, 0.1) is 0 Å². The first-order chi connectivity index (χ1) is 12.3. The van der Waals surface area contributed by atoms with Gasteiger partial charge in [0, 0.05) is 17.6 Å². The number of carbonyl (C=O) groups excluding carboxylic acids is 1. The molecule has 0 aromatic heterocycles. The van der Waals surface area contributed by atoms with Crippen LogP contribution >= 0.6 is 0 Å². The fourth-order valence-electron chi connectivity index (χ4n) is 2.90. The third-order valence-electron chi connectivity index (χ3n) is 4.16. The summed E-state index contributed by atoms with van der Waals surface area (Å²) in [5.41, 5.74) is 3.23. The Kier molecular flexibility index (Phi) is 4.05. The molecule has 0 spiro atoms. The van der Waals surface area contributed by atoms with Crippen LogP contribution in [0.5, 0.6) is 5.75 Å². The van der Waals surface area contributed by atoms with Crippen LogP contribution in [0.4, 0.5) is 11.4 Å². The summed E-state index contributed by atoms with van der Waals surface area (Å²) < 4.78 is 5.76. The first-order valence-electron chi connectivity index (χ1n) is 8.19. The van der Waals surface area contributed by atoms with Crippen LogP contribution in [0.15, 0.2) is 96.7 Å². The fourth-order valence-corrected chi connectivity index (χ4v) is 2.90. The largest absolute Gasteiger partial charge is 0.488 e. The first-order valence-corrected chi connectivity index (χ1v) is 8.19. The molecule has 0 bridgehead atoms. The summed E-state index contributed by atoms with van der Waals surface area (Å²) in [6.45, 7) is 0.270. The number of hydrogen-bond donors (Lipinski definition) is 0. The van der Waals surface area contributed by atoms with E-state index >= 15 is 0 Å². The summed E-state index contributed by atoms with van der Waals surface area (Å²) in [6, 6.07) is 27.3. The summed E-state index contributed by atoms with van der Waals surface area (Å²) in [4.78, 5) is 14.9. The number of rotatable bonds is 3. The number of fused-ring (bicyclic) bond motifs is 1. The molecular weight excluding hydrogens is 310 g/mol. The number of ether oxygens (including phenoxy) is 1. The summed E-state index contributed by atoms with van der Waals surface area (Å²) >= 11 is 0. The van der Waals surface area contributed by atoms with E-state index in [2.05, 4.69) is 0 Å². The molecule has 1 aliphatic heterocycles. The van der Waals surface area contributed by atoms with Crippen LogP contribution in [0.25, 0.3) is 0 Å². The lowest BCUT2D eigenvalue weighted by molar-refractivity contribution is 0.0999. The van der Waals surface area contributed by atoms with Gasteiger partial charge in [0.25, 0.3) is 0 Å². The van der Waals surface area contributed by atoms with Gasteiger partial charge in [-0.2, -0.15) is 0 Å². The van der Waals surface area contributed by atoms with Crippen LogP contribution < -0.4 is 9.64 Å². The molecule has 1 heterocycles. The SMILES string of the molecule is O=C1/C(=C/N(c2ccccc2)c2ccccc2)COc2ccccc21. The highest BCUT2D eigenvalue weighted by Crippen LogP contribution is 2.30. The van der Waals surface area contributed by atoms with Crippen molar-refractivity contribution in [3.8, 4) is 5.75 Å². The minimum absolute atomic E-state index is 0.0127. The second kappa shape index (κ2) is 6.65. The quantitative estimate of drug-likeness (QED) is 0.635. The van der Waals surface area contributed by atoms with Gasteiger partial charge in [0.1, 0.15) is 12.4 Å².